The summed E-state index contributed by atoms with van der Waals surface area (Å²) in [6.07, 6.45) is 8.40. The second-order valence-corrected chi connectivity index (χ2v) is 9.10. The fourth-order valence-electron chi connectivity index (χ4n) is 5.51. The number of hydrogen-bond donors (Lipinski definition) is 3. The number of hydrogen-bond acceptors (Lipinski definition) is 7. The number of fused-ring (bicyclic) bond motifs is 1. The number of carbonyl (C=O) groups is 1. The van der Waals surface area contributed by atoms with Crippen molar-refractivity contribution >= 4 is 11.6 Å². The molecule has 0 spiro atoms. The van der Waals surface area contributed by atoms with E-state index in [0.717, 1.165) is 43.4 Å². The molecule has 3 fully saturated rings. The highest BCUT2D eigenvalue weighted by molar-refractivity contribution is 5.82. The van der Waals surface area contributed by atoms with Crippen LogP contribution < -0.4 is 16.1 Å². The topological polar surface area (TPSA) is 111 Å². The van der Waals surface area contributed by atoms with Crippen molar-refractivity contribution in [2.45, 2.75) is 63.3 Å². The molecule has 1 amide bonds. The van der Waals surface area contributed by atoms with Gasteiger partial charge in [0.25, 0.3) is 0 Å². The Morgan fingerprint density at radius 3 is 2.75 bits per heavy atom. The lowest BCUT2D eigenvalue weighted by Gasteiger charge is -2.39. The van der Waals surface area contributed by atoms with Crippen LogP contribution in [0.4, 0.5) is 5.69 Å². The Morgan fingerprint density at radius 1 is 1.19 bits per heavy atom. The molecule has 3 aliphatic rings. The average Bonchev–Trinajstić information content (AvgIpc) is 3.48. The van der Waals surface area contributed by atoms with Gasteiger partial charge in [-0.05, 0) is 43.9 Å². The molecule has 4 unspecified atom stereocenters. The van der Waals surface area contributed by atoms with E-state index in [1.165, 1.54) is 0 Å². The van der Waals surface area contributed by atoms with Crippen LogP contribution in [0.3, 0.4) is 0 Å². The number of piperidine rings is 1. The zero-order valence-electron chi connectivity index (χ0n) is 18.3. The molecule has 0 radical (unpaired) electrons. The lowest BCUT2D eigenvalue weighted by Crippen LogP contribution is -2.54. The zero-order chi connectivity index (χ0) is 22.1. The van der Waals surface area contributed by atoms with Crippen LogP contribution in [0.5, 0.6) is 0 Å². The number of carbonyl (C=O) groups excluding carboxylic acids is 1. The van der Waals surface area contributed by atoms with Gasteiger partial charge in [-0.15, -0.1) is 5.10 Å². The van der Waals surface area contributed by atoms with Crippen molar-refractivity contribution in [1.82, 2.24) is 30.7 Å². The molecule has 9 heteroatoms. The summed E-state index contributed by atoms with van der Waals surface area (Å²) < 4.78 is 1.82. The fraction of sp³-hybridized carbons (Fsp3) is 0.565. The van der Waals surface area contributed by atoms with Crippen molar-refractivity contribution in [3.63, 3.8) is 0 Å². The van der Waals surface area contributed by atoms with E-state index in [0.29, 0.717) is 6.54 Å². The maximum atomic E-state index is 12.8. The van der Waals surface area contributed by atoms with Crippen molar-refractivity contribution < 1.29 is 4.79 Å². The molecule has 32 heavy (non-hydrogen) atoms. The van der Waals surface area contributed by atoms with E-state index in [1.807, 2.05) is 23.0 Å². The van der Waals surface area contributed by atoms with Gasteiger partial charge in [0.05, 0.1) is 30.1 Å². The third-order valence-corrected chi connectivity index (χ3v) is 7.27. The van der Waals surface area contributed by atoms with Crippen LogP contribution in [-0.4, -0.2) is 50.7 Å². The Morgan fingerprint density at radius 2 is 2.00 bits per heavy atom. The molecule has 1 saturated carbocycles. The fourth-order valence-corrected chi connectivity index (χ4v) is 5.51. The molecule has 3 N–H and O–H groups in total. The van der Waals surface area contributed by atoms with Crippen molar-refractivity contribution in [2.24, 2.45) is 11.8 Å². The zero-order valence-corrected chi connectivity index (χ0v) is 18.3. The third-order valence-electron chi connectivity index (χ3n) is 7.27. The van der Waals surface area contributed by atoms with Crippen LogP contribution in [0.1, 0.15) is 50.6 Å². The summed E-state index contributed by atoms with van der Waals surface area (Å²) in [6.45, 7) is 2.77. The Balaban J connectivity index is 1.33. The summed E-state index contributed by atoms with van der Waals surface area (Å²) >= 11 is 0. The van der Waals surface area contributed by atoms with Gasteiger partial charge < -0.3 is 10.6 Å². The predicted octanol–water partition coefficient (Wildman–Crippen LogP) is 2.03. The SMILES string of the molecule is CC(c1ccc(NC2NN([C@H]3CCCC[C@@H]3C#N)C3CCNC(=O)C23)cc1)n1ccnn1. The van der Waals surface area contributed by atoms with Gasteiger partial charge in [-0.25, -0.2) is 15.1 Å². The van der Waals surface area contributed by atoms with E-state index in [2.05, 4.69) is 56.5 Å². The summed E-state index contributed by atoms with van der Waals surface area (Å²) in [7, 11) is 0. The molecule has 3 heterocycles. The van der Waals surface area contributed by atoms with Crippen molar-refractivity contribution in [3.8, 4) is 6.07 Å². The van der Waals surface area contributed by atoms with Gasteiger partial charge in [0.1, 0.15) is 6.17 Å². The molecule has 168 valence electrons. The van der Waals surface area contributed by atoms with E-state index in [4.69, 9.17) is 0 Å². The van der Waals surface area contributed by atoms with Crippen molar-refractivity contribution in [3.05, 3.63) is 42.2 Å². The number of benzene rings is 1. The van der Waals surface area contributed by atoms with Crippen LogP contribution in [0.25, 0.3) is 0 Å². The molecular weight excluding hydrogens is 404 g/mol. The lowest BCUT2D eigenvalue weighted by atomic mass is 9.83. The first-order valence-electron chi connectivity index (χ1n) is 11.6. The minimum absolute atomic E-state index is 0.0122. The van der Waals surface area contributed by atoms with E-state index in [1.54, 1.807) is 6.20 Å². The highest BCUT2D eigenvalue weighted by atomic mass is 16.2. The number of rotatable bonds is 5. The standard InChI is InChI=1S/C23H30N8O/c1-15(30-13-12-26-29-30)16-6-8-18(9-7-16)27-22-21-20(10-11-25-23(21)32)31(28-22)19-5-3-2-4-17(19)14-24/h6-9,12-13,15,17,19-22,27-28H,2-5,10-11H2,1H3,(H,25,32)/t15?,17-,19+,20?,21?,22?/m1/s1. The highest BCUT2D eigenvalue weighted by Gasteiger charge is 2.51. The van der Waals surface area contributed by atoms with Crippen LogP contribution in [-0.2, 0) is 4.79 Å². The number of amides is 1. The molecule has 1 aliphatic carbocycles. The Bertz CT molecular complexity index is 969. The minimum Gasteiger partial charge on any atom is -0.368 e. The van der Waals surface area contributed by atoms with Gasteiger partial charge >= 0.3 is 0 Å². The number of anilines is 1. The summed E-state index contributed by atoms with van der Waals surface area (Å²) in [5.41, 5.74) is 5.68. The average molecular weight is 435 g/mol. The Kier molecular flexibility index (Phi) is 5.81. The van der Waals surface area contributed by atoms with Gasteiger partial charge in [-0.2, -0.15) is 5.26 Å². The number of aromatic nitrogens is 3. The summed E-state index contributed by atoms with van der Waals surface area (Å²) in [5.74, 6) is -0.105. The third kappa shape index (κ3) is 3.85. The second kappa shape index (κ2) is 8.88. The minimum atomic E-state index is -0.208. The van der Waals surface area contributed by atoms with Crippen molar-refractivity contribution in [2.75, 3.05) is 11.9 Å². The van der Waals surface area contributed by atoms with Gasteiger partial charge in [-0.3, -0.25) is 4.79 Å². The molecule has 1 aromatic carbocycles. The highest BCUT2D eigenvalue weighted by Crippen LogP contribution is 2.36. The van der Waals surface area contributed by atoms with Crippen LogP contribution >= 0.6 is 0 Å². The molecule has 9 nitrogen and oxygen atoms in total. The normalized spacial score (nSPS) is 31.4. The quantitative estimate of drug-likeness (QED) is 0.660. The van der Waals surface area contributed by atoms with Gasteiger partial charge in [0.2, 0.25) is 5.91 Å². The summed E-state index contributed by atoms with van der Waals surface area (Å²) in [6, 6.07) is 11.1. The molecule has 5 rings (SSSR count). The van der Waals surface area contributed by atoms with E-state index >= 15 is 0 Å². The van der Waals surface area contributed by atoms with Crippen LogP contribution in [0, 0.1) is 23.2 Å². The molecular formula is C23H30N8O. The smallest absolute Gasteiger partial charge is 0.228 e. The first kappa shape index (κ1) is 20.9. The lowest BCUT2D eigenvalue weighted by molar-refractivity contribution is -0.128. The van der Waals surface area contributed by atoms with Gasteiger partial charge in [0.15, 0.2) is 0 Å². The number of nitrogens with one attached hydrogen (secondary N) is 3. The van der Waals surface area contributed by atoms with E-state index < -0.39 is 0 Å². The maximum absolute atomic E-state index is 12.8. The predicted molar refractivity (Wildman–Crippen MR) is 119 cm³/mol. The Labute approximate surface area is 188 Å². The molecule has 2 aliphatic heterocycles. The van der Waals surface area contributed by atoms with Crippen LogP contribution in [0.2, 0.25) is 0 Å². The second-order valence-electron chi connectivity index (χ2n) is 9.10. The molecule has 2 aromatic rings. The van der Waals surface area contributed by atoms with E-state index in [9.17, 15) is 10.1 Å². The first-order valence-corrected chi connectivity index (χ1v) is 11.6. The first-order chi connectivity index (χ1) is 15.7. The molecule has 2 saturated heterocycles. The molecule has 6 atom stereocenters. The number of hydrazine groups is 1. The summed E-state index contributed by atoms with van der Waals surface area (Å²) in [4.78, 5) is 12.8. The largest absolute Gasteiger partial charge is 0.368 e. The summed E-state index contributed by atoms with van der Waals surface area (Å²) in [5, 5.41) is 26.5. The monoisotopic (exact) mass is 434 g/mol. The van der Waals surface area contributed by atoms with Gasteiger partial charge in [0, 0.05) is 30.5 Å². The van der Waals surface area contributed by atoms with Crippen LogP contribution in [0.15, 0.2) is 36.7 Å². The van der Waals surface area contributed by atoms with E-state index in [-0.39, 0.29) is 42.0 Å². The Hall–Kier alpha value is -2.96. The van der Waals surface area contributed by atoms with Gasteiger partial charge in [-0.1, -0.05) is 30.2 Å². The number of nitriles is 1. The molecule has 1 aromatic heterocycles. The maximum Gasteiger partial charge on any atom is 0.228 e. The number of nitrogens with zero attached hydrogens (tertiary/aromatic N) is 5. The molecule has 0 bridgehead atoms. The van der Waals surface area contributed by atoms with Crippen molar-refractivity contribution in [1.29, 1.82) is 5.26 Å².